The third-order valence-corrected chi connectivity index (χ3v) is 3.82. The summed E-state index contributed by atoms with van der Waals surface area (Å²) < 4.78 is 10.3. The zero-order chi connectivity index (χ0) is 21.2. The number of hydrogen-bond donors (Lipinski definition) is 0. The first-order valence-electron chi connectivity index (χ1n) is 7.86. The predicted molar refractivity (Wildman–Crippen MR) is 93.6 cm³/mol. The Kier molecular flexibility index (Phi) is 5.72. The van der Waals surface area contributed by atoms with Crippen molar-refractivity contribution in [2.45, 2.75) is 19.8 Å². The number of carbonyl (C=O) groups is 2. The lowest BCUT2D eigenvalue weighted by Gasteiger charge is -2.08. The van der Waals surface area contributed by atoms with E-state index in [2.05, 4.69) is 5.10 Å². The maximum Gasteiger partial charge on any atom is 0.357 e. The predicted octanol–water partition coefficient (Wildman–Crippen LogP) is 2.39. The van der Waals surface area contributed by atoms with Gasteiger partial charge in [-0.05, 0) is 12.0 Å². The second-order valence-electron chi connectivity index (χ2n) is 5.85. The fourth-order valence-corrected chi connectivity index (χ4v) is 2.55. The molecule has 0 spiro atoms. The Bertz CT molecular complexity index is 979. The largest absolute Gasteiger partial charge is 0.465 e. The number of nitro benzene ring substituents is 2. The Morgan fingerprint density at radius 2 is 1.68 bits per heavy atom. The van der Waals surface area contributed by atoms with Crippen molar-refractivity contribution in [3.05, 3.63) is 55.4 Å². The molecule has 0 fully saturated rings. The third kappa shape index (κ3) is 3.51. The van der Waals surface area contributed by atoms with Gasteiger partial charge in [0, 0.05) is 6.07 Å². The molecule has 2 aromatic rings. The van der Waals surface area contributed by atoms with Crippen LogP contribution in [0.25, 0.3) is 5.69 Å². The maximum absolute atomic E-state index is 12.4. The summed E-state index contributed by atoms with van der Waals surface area (Å²) >= 11 is 0. The van der Waals surface area contributed by atoms with Crippen molar-refractivity contribution in [1.29, 1.82) is 0 Å². The van der Waals surface area contributed by atoms with E-state index in [1.807, 2.05) is 0 Å². The van der Waals surface area contributed by atoms with Gasteiger partial charge in [0.25, 0.3) is 5.69 Å². The van der Waals surface area contributed by atoms with Crippen molar-refractivity contribution in [2.24, 2.45) is 0 Å². The number of hydrogen-bond acceptors (Lipinski definition) is 9. The highest BCUT2D eigenvalue weighted by molar-refractivity contribution is 6.03. The van der Waals surface area contributed by atoms with Crippen LogP contribution >= 0.6 is 0 Å². The summed E-state index contributed by atoms with van der Waals surface area (Å²) in [6.07, 6.45) is 0. The van der Waals surface area contributed by atoms with Gasteiger partial charge in [-0.3, -0.25) is 20.2 Å². The average molecular weight is 392 g/mol. The number of nitrogens with zero attached hydrogens (tertiary/aromatic N) is 4. The molecule has 1 heterocycles. The Hall–Kier alpha value is -3.83. The first-order chi connectivity index (χ1) is 13.1. The normalized spacial score (nSPS) is 10.6. The topological polar surface area (TPSA) is 157 Å². The van der Waals surface area contributed by atoms with Crippen LogP contribution in [0.2, 0.25) is 0 Å². The van der Waals surface area contributed by atoms with Crippen LogP contribution in [0.15, 0.2) is 18.2 Å². The summed E-state index contributed by atoms with van der Waals surface area (Å²) in [7, 11) is 2.18. The summed E-state index contributed by atoms with van der Waals surface area (Å²) in [6, 6.07) is 2.84. The Labute approximate surface area is 158 Å². The molecular formula is C16H16N4O8. The molecule has 0 aliphatic rings. The van der Waals surface area contributed by atoms with Crippen molar-refractivity contribution in [3.63, 3.8) is 0 Å². The molecule has 0 aliphatic carbocycles. The highest BCUT2D eigenvalue weighted by Gasteiger charge is 2.34. The van der Waals surface area contributed by atoms with Crippen LogP contribution in [-0.2, 0) is 9.47 Å². The summed E-state index contributed by atoms with van der Waals surface area (Å²) in [4.78, 5) is 45.4. The van der Waals surface area contributed by atoms with Crippen LogP contribution < -0.4 is 0 Å². The molecule has 148 valence electrons. The smallest absolute Gasteiger partial charge is 0.357 e. The van der Waals surface area contributed by atoms with Gasteiger partial charge in [-0.25, -0.2) is 14.3 Å². The van der Waals surface area contributed by atoms with Gasteiger partial charge in [0.1, 0.15) is 11.3 Å². The molecule has 0 atom stereocenters. The van der Waals surface area contributed by atoms with Crippen molar-refractivity contribution in [3.8, 4) is 5.69 Å². The number of rotatable bonds is 6. The van der Waals surface area contributed by atoms with Crippen molar-refractivity contribution in [1.82, 2.24) is 9.78 Å². The molecule has 12 nitrogen and oxygen atoms in total. The van der Waals surface area contributed by atoms with Crippen molar-refractivity contribution >= 4 is 23.3 Å². The van der Waals surface area contributed by atoms with Crippen LogP contribution in [0.5, 0.6) is 0 Å². The maximum atomic E-state index is 12.4. The van der Waals surface area contributed by atoms with Crippen LogP contribution in [0, 0.1) is 20.2 Å². The molecule has 0 unspecified atom stereocenters. The Morgan fingerprint density at radius 3 is 2.14 bits per heavy atom. The summed E-state index contributed by atoms with van der Waals surface area (Å²) in [6.45, 7) is 3.40. The number of aromatic nitrogens is 2. The standard InChI is InChI=1S/C16H16N4O8/c1-8(2)13-12(15(21)27-3)14(16(22)28-4)18(17-13)10-6-5-9(19(23)24)7-11(10)20(25)26/h5-8H,1-4H3. The molecule has 1 aromatic carbocycles. The van der Waals surface area contributed by atoms with E-state index in [9.17, 15) is 29.8 Å². The fourth-order valence-electron chi connectivity index (χ4n) is 2.55. The van der Waals surface area contributed by atoms with Gasteiger partial charge < -0.3 is 9.47 Å². The van der Waals surface area contributed by atoms with E-state index >= 15 is 0 Å². The molecule has 0 amide bonds. The lowest BCUT2D eigenvalue weighted by Crippen LogP contribution is -2.16. The monoisotopic (exact) mass is 392 g/mol. The van der Waals surface area contributed by atoms with E-state index in [0.717, 1.165) is 37.1 Å². The zero-order valence-electron chi connectivity index (χ0n) is 15.4. The van der Waals surface area contributed by atoms with E-state index in [1.165, 1.54) is 0 Å². The second kappa shape index (κ2) is 7.82. The van der Waals surface area contributed by atoms with E-state index in [1.54, 1.807) is 13.8 Å². The van der Waals surface area contributed by atoms with E-state index in [-0.39, 0.29) is 28.6 Å². The molecule has 0 bridgehead atoms. The molecule has 12 heteroatoms. The quantitative estimate of drug-likeness (QED) is 0.409. The first-order valence-corrected chi connectivity index (χ1v) is 7.86. The van der Waals surface area contributed by atoms with Crippen LogP contribution in [0.3, 0.4) is 0 Å². The van der Waals surface area contributed by atoms with Gasteiger partial charge in [0.05, 0.1) is 35.8 Å². The number of esters is 2. The minimum absolute atomic E-state index is 0.153. The summed E-state index contributed by atoms with van der Waals surface area (Å²) in [5.41, 5.74) is -1.85. The molecule has 0 N–H and O–H groups in total. The zero-order valence-corrected chi connectivity index (χ0v) is 15.4. The SMILES string of the molecule is COC(=O)c1c(C(C)C)nn(-c2ccc([N+](=O)[O-])cc2[N+](=O)[O-])c1C(=O)OC. The molecule has 0 aliphatic heterocycles. The Morgan fingerprint density at radius 1 is 1.07 bits per heavy atom. The molecule has 0 radical (unpaired) electrons. The number of carbonyl (C=O) groups excluding carboxylic acids is 2. The summed E-state index contributed by atoms with van der Waals surface area (Å²) in [5.74, 6) is -2.21. The lowest BCUT2D eigenvalue weighted by atomic mass is 10.0. The highest BCUT2D eigenvalue weighted by Crippen LogP contribution is 2.32. The van der Waals surface area contributed by atoms with Crippen LogP contribution in [0.4, 0.5) is 11.4 Å². The number of non-ortho nitro benzene ring substituents is 1. The molecule has 28 heavy (non-hydrogen) atoms. The van der Waals surface area contributed by atoms with Gasteiger partial charge in [0.15, 0.2) is 5.69 Å². The Balaban J connectivity index is 2.93. The number of ether oxygens (including phenoxy) is 2. The molecule has 0 saturated carbocycles. The van der Waals surface area contributed by atoms with E-state index in [0.29, 0.717) is 0 Å². The molecule has 1 aromatic heterocycles. The van der Waals surface area contributed by atoms with Gasteiger partial charge in [-0.2, -0.15) is 5.10 Å². The minimum atomic E-state index is -0.979. The highest BCUT2D eigenvalue weighted by atomic mass is 16.6. The molecular weight excluding hydrogens is 376 g/mol. The average Bonchev–Trinajstić information content (AvgIpc) is 3.06. The molecule has 2 rings (SSSR count). The van der Waals surface area contributed by atoms with Crippen LogP contribution in [0.1, 0.15) is 46.3 Å². The van der Waals surface area contributed by atoms with Gasteiger partial charge in [0.2, 0.25) is 0 Å². The van der Waals surface area contributed by atoms with Gasteiger partial charge >= 0.3 is 17.6 Å². The third-order valence-electron chi connectivity index (χ3n) is 3.82. The van der Waals surface area contributed by atoms with Crippen LogP contribution in [-0.4, -0.2) is 45.8 Å². The molecule has 0 saturated heterocycles. The van der Waals surface area contributed by atoms with E-state index < -0.39 is 33.2 Å². The number of nitro groups is 2. The minimum Gasteiger partial charge on any atom is -0.465 e. The lowest BCUT2D eigenvalue weighted by molar-refractivity contribution is -0.394. The van der Waals surface area contributed by atoms with Crippen molar-refractivity contribution < 1.29 is 28.9 Å². The number of benzene rings is 1. The second-order valence-corrected chi connectivity index (χ2v) is 5.85. The summed E-state index contributed by atoms with van der Waals surface area (Å²) in [5, 5.41) is 26.6. The van der Waals surface area contributed by atoms with Crippen molar-refractivity contribution in [2.75, 3.05) is 14.2 Å². The van der Waals surface area contributed by atoms with E-state index in [4.69, 9.17) is 9.47 Å². The first kappa shape index (κ1) is 20.5. The number of methoxy groups -OCH3 is 2. The van der Waals surface area contributed by atoms with Gasteiger partial charge in [-0.15, -0.1) is 0 Å². The van der Waals surface area contributed by atoms with Gasteiger partial charge in [-0.1, -0.05) is 13.8 Å². The fraction of sp³-hybridized carbons (Fsp3) is 0.312.